The lowest BCUT2D eigenvalue weighted by atomic mass is 10.0. The Hall–Kier alpha value is -1.39. The Morgan fingerprint density at radius 1 is 1.21 bits per heavy atom. The summed E-state index contributed by atoms with van der Waals surface area (Å²) in [7, 11) is 1.43. The molecule has 0 saturated carbocycles. The van der Waals surface area contributed by atoms with Crippen molar-refractivity contribution in [1.82, 2.24) is 10.4 Å². The van der Waals surface area contributed by atoms with Crippen LogP contribution in [0.15, 0.2) is 24.3 Å². The average Bonchev–Trinajstić information content (AvgIpc) is 2.47. The summed E-state index contributed by atoms with van der Waals surface area (Å²) >= 11 is 0. The van der Waals surface area contributed by atoms with E-state index in [0.29, 0.717) is 6.42 Å². The van der Waals surface area contributed by atoms with Crippen molar-refractivity contribution in [3.63, 3.8) is 0 Å². The maximum absolute atomic E-state index is 11.4. The highest BCUT2D eigenvalue weighted by molar-refractivity contribution is 5.72. The van der Waals surface area contributed by atoms with Gasteiger partial charge in [-0.25, -0.2) is 5.01 Å². The van der Waals surface area contributed by atoms with Gasteiger partial charge in [-0.3, -0.25) is 10.2 Å². The second kappa shape index (κ2) is 7.26. The largest absolute Gasteiger partial charge is 0.469 e. The van der Waals surface area contributed by atoms with Crippen molar-refractivity contribution in [3.05, 3.63) is 35.4 Å². The van der Waals surface area contributed by atoms with E-state index >= 15 is 0 Å². The number of hydrogen-bond donors (Lipinski definition) is 1. The van der Waals surface area contributed by atoms with E-state index in [9.17, 15) is 4.79 Å². The van der Waals surface area contributed by atoms with Crippen molar-refractivity contribution >= 4 is 5.97 Å². The Morgan fingerprint density at radius 2 is 1.89 bits per heavy atom. The molecule has 19 heavy (non-hydrogen) atoms. The number of piperidine rings is 1. The van der Waals surface area contributed by atoms with Crippen LogP contribution in [0.25, 0.3) is 0 Å². The van der Waals surface area contributed by atoms with Crippen molar-refractivity contribution < 1.29 is 9.53 Å². The van der Waals surface area contributed by atoms with Crippen molar-refractivity contribution in [2.75, 3.05) is 20.2 Å². The van der Waals surface area contributed by atoms with Gasteiger partial charge in [0.15, 0.2) is 0 Å². The molecule has 1 aliphatic heterocycles. The average molecular weight is 262 g/mol. The fourth-order valence-electron chi connectivity index (χ4n) is 2.38. The van der Waals surface area contributed by atoms with E-state index in [0.717, 1.165) is 25.2 Å². The van der Waals surface area contributed by atoms with Gasteiger partial charge in [0.05, 0.1) is 13.5 Å². The molecule has 0 radical (unpaired) electrons. The number of nitrogens with one attached hydrogen (secondary N) is 1. The summed E-state index contributed by atoms with van der Waals surface area (Å²) in [4.78, 5) is 11.4. The first-order valence-corrected chi connectivity index (χ1v) is 6.91. The minimum Gasteiger partial charge on any atom is -0.469 e. The lowest BCUT2D eigenvalue weighted by molar-refractivity contribution is -0.139. The molecule has 4 nitrogen and oxygen atoms in total. The molecule has 0 atom stereocenters. The van der Waals surface area contributed by atoms with E-state index in [1.807, 2.05) is 18.2 Å². The summed E-state index contributed by atoms with van der Waals surface area (Å²) in [5.41, 5.74) is 5.66. The fraction of sp³-hybridized carbons (Fsp3) is 0.533. The van der Waals surface area contributed by atoms with Gasteiger partial charge in [0.1, 0.15) is 0 Å². The number of carbonyl (C=O) groups excluding carboxylic acids is 1. The van der Waals surface area contributed by atoms with Crippen molar-refractivity contribution in [3.8, 4) is 0 Å². The number of carbonyl (C=O) groups is 1. The molecule has 1 fully saturated rings. The SMILES string of the molecule is COC(=O)Cc1ccccc1CNN1CCCCC1. The van der Waals surface area contributed by atoms with Gasteiger partial charge < -0.3 is 4.74 Å². The Balaban J connectivity index is 1.93. The van der Waals surface area contributed by atoms with Crippen LogP contribution in [0.3, 0.4) is 0 Å². The number of hydrogen-bond acceptors (Lipinski definition) is 4. The van der Waals surface area contributed by atoms with Crippen LogP contribution < -0.4 is 5.43 Å². The highest BCUT2D eigenvalue weighted by atomic mass is 16.5. The topological polar surface area (TPSA) is 41.6 Å². The van der Waals surface area contributed by atoms with Crippen LogP contribution in [0.2, 0.25) is 0 Å². The molecule has 0 unspecified atom stereocenters. The standard InChI is InChI=1S/C15H22N2O2/c1-19-15(18)11-13-7-3-4-8-14(13)12-16-17-9-5-2-6-10-17/h3-4,7-8,16H,2,5-6,9-12H2,1H3. The van der Waals surface area contributed by atoms with Crippen LogP contribution >= 0.6 is 0 Å². The molecular weight excluding hydrogens is 240 g/mol. The number of nitrogens with zero attached hydrogens (tertiary/aromatic N) is 1. The summed E-state index contributed by atoms with van der Waals surface area (Å²) < 4.78 is 4.73. The zero-order chi connectivity index (χ0) is 13.5. The Morgan fingerprint density at radius 3 is 2.58 bits per heavy atom. The van der Waals surface area contributed by atoms with Gasteiger partial charge in [0.25, 0.3) is 0 Å². The normalized spacial score (nSPS) is 16.3. The van der Waals surface area contributed by atoms with Gasteiger partial charge in [-0.1, -0.05) is 30.7 Å². The van der Waals surface area contributed by atoms with Crippen molar-refractivity contribution in [2.45, 2.75) is 32.2 Å². The summed E-state index contributed by atoms with van der Waals surface area (Å²) in [5.74, 6) is -0.189. The molecule has 0 spiro atoms. The lowest BCUT2D eigenvalue weighted by Gasteiger charge is -2.27. The molecule has 1 aliphatic rings. The van der Waals surface area contributed by atoms with E-state index in [1.54, 1.807) is 0 Å². The number of benzene rings is 1. The quantitative estimate of drug-likeness (QED) is 0.823. The monoisotopic (exact) mass is 262 g/mol. The van der Waals surface area contributed by atoms with Crippen LogP contribution in [0.1, 0.15) is 30.4 Å². The Bertz CT molecular complexity index is 414. The number of ether oxygens (including phenoxy) is 1. The van der Waals surface area contributed by atoms with E-state index in [4.69, 9.17) is 4.74 Å². The van der Waals surface area contributed by atoms with E-state index in [2.05, 4.69) is 16.5 Å². The van der Waals surface area contributed by atoms with Gasteiger partial charge in [0.2, 0.25) is 0 Å². The molecule has 4 heteroatoms. The molecule has 1 saturated heterocycles. The number of rotatable bonds is 5. The summed E-state index contributed by atoms with van der Waals surface area (Å²) in [6.07, 6.45) is 4.19. The molecule has 1 heterocycles. The molecular formula is C15H22N2O2. The summed E-state index contributed by atoms with van der Waals surface area (Å²) in [5, 5.41) is 2.28. The van der Waals surface area contributed by atoms with E-state index < -0.39 is 0 Å². The van der Waals surface area contributed by atoms with Crippen LogP contribution in [0.4, 0.5) is 0 Å². The van der Waals surface area contributed by atoms with Crippen molar-refractivity contribution in [2.24, 2.45) is 0 Å². The van der Waals surface area contributed by atoms with Gasteiger partial charge >= 0.3 is 5.97 Å². The lowest BCUT2D eigenvalue weighted by Crippen LogP contribution is -2.41. The molecule has 1 N–H and O–H groups in total. The summed E-state index contributed by atoms with van der Waals surface area (Å²) in [6, 6.07) is 8.02. The Kier molecular flexibility index (Phi) is 5.36. The van der Waals surface area contributed by atoms with Gasteiger partial charge in [-0.2, -0.15) is 0 Å². The molecule has 104 valence electrons. The first-order chi connectivity index (χ1) is 9.29. The van der Waals surface area contributed by atoms with Crippen LogP contribution in [0, 0.1) is 0 Å². The van der Waals surface area contributed by atoms with Crippen LogP contribution in [-0.2, 0) is 22.5 Å². The maximum atomic E-state index is 11.4. The molecule has 2 rings (SSSR count). The molecule has 0 aliphatic carbocycles. The minimum absolute atomic E-state index is 0.189. The third-order valence-corrected chi connectivity index (χ3v) is 3.53. The van der Waals surface area contributed by atoms with Crippen LogP contribution in [-0.4, -0.2) is 31.2 Å². The maximum Gasteiger partial charge on any atom is 0.309 e. The van der Waals surface area contributed by atoms with Gasteiger partial charge in [-0.05, 0) is 24.0 Å². The molecule has 0 amide bonds. The highest BCUT2D eigenvalue weighted by Crippen LogP contribution is 2.12. The smallest absolute Gasteiger partial charge is 0.309 e. The van der Waals surface area contributed by atoms with E-state index in [1.165, 1.54) is 31.9 Å². The molecule has 0 bridgehead atoms. The third kappa shape index (κ3) is 4.33. The van der Waals surface area contributed by atoms with Gasteiger partial charge in [0, 0.05) is 19.6 Å². The predicted octanol–water partition coefficient (Wildman–Crippen LogP) is 1.89. The van der Waals surface area contributed by atoms with Crippen molar-refractivity contribution in [1.29, 1.82) is 0 Å². The minimum atomic E-state index is -0.189. The first kappa shape index (κ1) is 14.0. The number of methoxy groups -OCH3 is 1. The fourth-order valence-corrected chi connectivity index (χ4v) is 2.38. The third-order valence-electron chi connectivity index (χ3n) is 3.53. The Labute approximate surface area is 114 Å². The highest BCUT2D eigenvalue weighted by Gasteiger charge is 2.11. The summed E-state index contributed by atoms with van der Waals surface area (Å²) in [6.45, 7) is 2.99. The zero-order valence-corrected chi connectivity index (χ0v) is 11.5. The molecule has 1 aromatic carbocycles. The molecule has 0 aromatic heterocycles. The predicted molar refractivity (Wildman–Crippen MR) is 74.4 cm³/mol. The van der Waals surface area contributed by atoms with E-state index in [-0.39, 0.29) is 5.97 Å². The second-order valence-electron chi connectivity index (χ2n) is 4.90. The second-order valence-corrected chi connectivity index (χ2v) is 4.90. The van der Waals surface area contributed by atoms with Gasteiger partial charge in [-0.15, -0.1) is 0 Å². The number of hydrazine groups is 1. The zero-order valence-electron chi connectivity index (χ0n) is 11.5. The number of esters is 1. The first-order valence-electron chi connectivity index (χ1n) is 6.91. The molecule has 1 aromatic rings. The van der Waals surface area contributed by atoms with Crippen LogP contribution in [0.5, 0.6) is 0 Å².